The summed E-state index contributed by atoms with van der Waals surface area (Å²) in [4.78, 5) is 0. The third-order valence-corrected chi connectivity index (χ3v) is 4.81. The van der Waals surface area contributed by atoms with E-state index in [9.17, 15) is 0 Å². The summed E-state index contributed by atoms with van der Waals surface area (Å²) >= 11 is 3.54. The molecule has 0 amide bonds. The van der Waals surface area contributed by atoms with E-state index in [1.807, 2.05) is 6.07 Å². The lowest BCUT2D eigenvalue weighted by Crippen LogP contribution is -2.35. The molecule has 1 aliphatic carbocycles. The highest BCUT2D eigenvalue weighted by atomic mass is 79.9. The van der Waals surface area contributed by atoms with Crippen molar-refractivity contribution in [3.8, 4) is 11.5 Å². The minimum Gasteiger partial charge on any atom is -0.454 e. The number of nitrogens with two attached hydrogens (primary N) is 1. The summed E-state index contributed by atoms with van der Waals surface area (Å²) < 4.78 is 11.8. The molecule has 3 rings (SSSR count). The maximum Gasteiger partial charge on any atom is 0.231 e. The molecule has 0 bridgehead atoms. The highest BCUT2D eigenvalue weighted by Crippen LogP contribution is 2.41. The number of rotatable bonds is 4. The molecule has 3 atom stereocenters. The minimum atomic E-state index is 0.163. The molecule has 1 aromatic carbocycles. The first-order valence-corrected chi connectivity index (χ1v) is 8.02. The Morgan fingerprint density at radius 3 is 2.95 bits per heavy atom. The van der Waals surface area contributed by atoms with E-state index in [0.29, 0.717) is 12.6 Å². The van der Waals surface area contributed by atoms with Gasteiger partial charge in [-0.2, -0.15) is 0 Å². The van der Waals surface area contributed by atoms with Crippen LogP contribution in [0.15, 0.2) is 16.6 Å². The zero-order valence-corrected chi connectivity index (χ0v) is 13.3. The Hall–Kier alpha value is -0.780. The van der Waals surface area contributed by atoms with E-state index in [2.05, 4.69) is 34.2 Å². The van der Waals surface area contributed by atoms with E-state index in [-0.39, 0.29) is 12.8 Å². The summed E-state index contributed by atoms with van der Waals surface area (Å²) in [5.41, 5.74) is 7.12. The van der Waals surface area contributed by atoms with Crippen LogP contribution in [-0.4, -0.2) is 19.4 Å². The zero-order valence-electron chi connectivity index (χ0n) is 11.7. The highest BCUT2D eigenvalue weighted by molar-refractivity contribution is 9.10. The molecule has 3 N–H and O–H groups in total. The third kappa shape index (κ3) is 2.80. The van der Waals surface area contributed by atoms with Crippen molar-refractivity contribution in [3.63, 3.8) is 0 Å². The van der Waals surface area contributed by atoms with Gasteiger partial charge in [-0.05, 0) is 58.8 Å². The van der Waals surface area contributed by atoms with Crippen molar-refractivity contribution in [2.24, 2.45) is 11.7 Å². The Morgan fingerprint density at radius 2 is 2.25 bits per heavy atom. The van der Waals surface area contributed by atoms with Crippen LogP contribution in [0.1, 0.15) is 37.8 Å². The van der Waals surface area contributed by atoms with Crippen molar-refractivity contribution in [3.05, 3.63) is 22.2 Å². The van der Waals surface area contributed by atoms with E-state index >= 15 is 0 Å². The summed E-state index contributed by atoms with van der Waals surface area (Å²) in [5.74, 6) is 2.41. The van der Waals surface area contributed by atoms with Gasteiger partial charge in [-0.25, -0.2) is 0 Å². The van der Waals surface area contributed by atoms with Crippen LogP contribution in [-0.2, 0) is 0 Å². The van der Waals surface area contributed by atoms with E-state index < -0.39 is 0 Å². The Kier molecular flexibility index (Phi) is 4.19. The Balaban J connectivity index is 1.77. The molecule has 5 heteroatoms. The Morgan fingerprint density at radius 1 is 1.40 bits per heavy atom. The number of benzene rings is 1. The first-order chi connectivity index (χ1) is 9.67. The first kappa shape index (κ1) is 14.2. The molecule has 110 valence electrons. The van der Waals surface area contributed by atoms with Crippen molar-refractivity contribution in [2.75, 3.05) is 13.3 Å². The summed E-state index contributed by atoms with van der Waals surface area (Å²) in [6.45, 7) is 3.19. The summed E-state index contributed by atoms with van der Waals surface area (Å²) in [7, 11) is 0. The minimum absolute atomic E-state index is 0.163. The van der Waals surface area contributed by atoms with Crippen LogP contribution in [0, 0.1) is 5.92 Å². The maximum absolute atomic E-state index is 5.96. The van der Waals surface area contributed by atoms with Crippen LogP contribution >= 0.6 is 15.9 Å². The summed E-state index contributed by atoms with van der Waals surface area (Å²) in [6.07, 6.45) is 3.78. The lowest BCUT2D eigenvalue weighted by atomic mass is 10.0. The lowest BCUT2D eigenvalue weighted by molar-refractivity contribution is 0.173. The van der Waals surface area contributed by atoms with E-state index in [4.69, 9.17) is 15.2 Å². The fourth-order valence-electron chi connectivity index (χ4n) is 3.13. The molecule has 1 aromatic rings. The van der Waals surface area contributed by atoms with E-state index in [0.717, 1.165) is 27.5 Å². The van der Waals surface area contributed by atoms with Crippen molar-refractivity contribution in [1.29, 1.82) is 0 Å². The first-order valence-electron chi connectivity index (χ1n) is 7.22. The van der Waals surface area contributed by atoms with Crippen LogP contribution in [0.5, 0.6) is 11.5 Å². The molecule has 3 unspecified atom stereocenters. The Bertz CT molecular complexity index is 495. The standard InChI is InChI=1S/C15H21BrN2O2/c1-9-2-3-11(4-9)18-13(7-17)10-5-12(16)15-14(6-10)19-8-20-15/h5-6,9,11,13,18H,2-4,7-8,17H2,1H3. The predicted molar refractivity (Wildman–Crippen MR) is 82.0 cm³/mol. The van der Waals surface area contributed by atoms with E-state index in [1.165, 1.54) is 19.3 Å². The number of fused-ring (bicyclic) bond motifs is 1. The van der Waals surface area contributed by atoms with Gasteiger partial charge in [-0.1, -0.05) is 6.92 Å². The highest BCUT2D eigenvalue weighted by Gasteiger charge is 2.26. The van der Waals surface area contributed by atoms with Crippen molar-refractivity contribution < 1.29 is 9.47 Å². The molecule has 1 heterocycles. The normalized spacial score (nSPS) is 25.9. The number of nitrogens with one attached hydrogen (secondary N) is 1. The number of ether oxygens (including phenoxy) is 2. The molecule has 1 saturated carbocycles. The van der Waals surface area contributed by atoms with Gasteiger partial charge in [0.25, 0.3) is 0 Å². The molecule has 2 aliphatic rings. The quantitative estimate of drug-likeness (QED) is 0.884. The van der Waals surface area contributed by atoms with Crippen LogP contribution in [0.4, 0.5) is 0 Å². The molecule has 1 fully saturated rings. The van der Waals surface area contributed by atoms with Gasteiger partial charge >= 0.3 is 0 Å². The molecule has 4 nitrogen and oxygen atoms in total. The van der Waals surface area contributed by atoms with Crippen LogP contribution in [0.25, 0.3) is 0 Å². The van der Waals surface area contributed by atoms with E-state index in [1.54, 1.807) is 0 Å². The maximum atomic E-state index is 5.96. The molecule has 1 aliphatic heterocycles. The van der Waals surface area contributed by atoms with Crippen LogP contribution < -0.4 is 20.5 Å². The SMILES string of the molecule is CC1CCC(NC(CN)c2cc(Br)c3c(c2)OCO3)C1. The lowest BCUT2D eigenvalue weighted by Gasteiger charge is -2.22. The van der Waals surface area contributed by atoms with Crippen LogP contribution in [0.2, 0.25) is 0 Å². The van der Waals surface area contributed by atoms with Gasteiger partial charge in [0.05, 0.1) is 4.47 Å². The zero-order chi connectivity index (χ0) is 14.1. The molecular formula is C15H21BrN2O2. The van der Waals surface area contributed by atoms with Crippen molar-refractivity contribution >= 4 is 15.9 Å². The molecule has 20 heavy (non-hydrogen) atoms. The van der Waals surface area contributed by atoms with Crippen molar-refractivity contribution in [2.45, 2.75) is 38.3 Å². The number of hydrogen-bond donors (Lipinski definition) is 2. The molecule has 0 spiro atoms. The van der Waals surface area contributed by atoms with Gasteiger partial charge in [-0.3, -0.25) is 0 Å². The second-order valence-corrected chi connectivity index (χ2v) is 6.66. The van der Waals surface area contributed by atoms with Gasteiger partial charge in [0.1, 0.15) is 0 Å². The molecular weight excluding hydrogens is 320 g/mol. The average molecular weight is 341 g/mol. The fraction of sp³-hybridized carbons (Fsp3) is 0.600. The third-order valence-electron chi connectivity index (χ3n) is 4.22. The van der Waals surface area contributed by atoms with Gasteiger partial charge < -0.3 is 20.5 Å². The molecule has 0 radical (unpaired) electrons. The fourth-order valence-corrected chi connectivity index (χ4v) is 3.71. The predicted octanol–water partition coefficient (Wildman–Crippen LogP) is 2.96. The van der Waals surface area contributed by atoms with Gasteiger partial charge in [0.15, 0.2) is 11.5 Å². The Labute approximate surface area is 128 Å². The largest absolute Gasteiger partial charge is 0.454 e. The second-order valence-electron chi connectivity index (χ2n) is 5.81. The monoisotopic (exact) mass is 340 g/mol. The van der Waals surface area contributed by atoms with Gasteiger partial charge in [-0.15, -0.1) is 0 Å². The summed E-state index contributed by atoms with van der Waals surface area (Å²) in [5, 5.41) is 3.69. The topological polar surface area (TPSA) is 56.5 Å². The average Bonchev–Trinajstić information content (AvgIpc) is 3.04. The number of hydrogen-bond acceptors (Lipinski definition) is 4. The smallest absolute Gasteiger partial charge is 0.231 e. The summed E-state index contributed by atoms with van der Waals surface area (Å²) in [6, 6.07) is 4.85. The number of halogens is 1. The van der Waals surface area contributed by atoms with Gasteiger partial charge in [0.2, 0.25) is 6.79 Å². The van der Waals surface area contributed by atoms with Crippen LogP contribution in [0.3, 0.4) is 0 Å². The van der Waals surface area contributed by atoms with Gasteiger partial charge in [0, 0.05) is 18.6 Å². The molecule has 0 aromatic heterocycles. The van der Waals surface area contributed by atoms with Crippen molar-refractivity contribution in [1.82, 2.24) is 5.32 Å². The molecule has 0 saturated heterocycles. The second kappa shape index (κ2) is 5.92.